The van der Waals surface area contributed by atoms with Gasteiger partial charge >= 0.3 is 5.97 Å². The van der Waals surface area contributed by atoms with Gasteiger partial charge in [-0.15, -0.1) is 0 Å². The molecule has 0 spiro atoms. The fourth-order valence-corrected chi connectivity index (χ4v) is 4.56. The molecule has 3 aromatic rings. The van der Waals surface area contributed by atoms with Crippen LogP contribution in [-0.4, -0.2) is 71.3 Å². The van der Waals surface area contributed by atoms with E-state index in [0.717, 1.165) is 0 Å². The minimum atomic E-state index is -2.38. The fourth-order valence-electron chi connectivity index (χ4n) is 4.56. The number of ketones is 2. The first-order valence-corrected chi connectivity index (χ1v) is 11.7. The van der Waals surface area contributed by atoms with Crippen LogP contribution in [0.5, 0.6) is 0 Å². The van der Waals surface area contributed by atoms with Gasteiger partial charge in [0, 0.05) is 34.9 Å². The van der Waals surface area contributed by atoms with Crippen molar-refractivity contribution in [1.29, 1.82) is 0 Å². The predicted molar refractivity (Wildman–Crippen MR) is 129 cm³/mol. The van der Waals surface area contributed by atoms with Crippen molar-refractivity contribution in [1.82, 2.24) is 0 Å². The monoisotopic (exact) mass is 506 g/mol. The third kappa shape index (κ3) is 4.74. The van der Waals surface area contributed by atoms with Crippen LogP contribution in [0.1, 0.15) is 37.4 Å². The van der Waals surface area contributed by atoms with E-state index in [1.807, 2.05) is 0 Å². The lowest BCUT2D eigenvalue weighted by atomic mass is 9.91. The summed E-state index contributed by atoms with van der Waals surface area (Å²) in [7, 11) is 1.32. The predicted octanol–water partition coefficient (Wildman–Crippen LogP) is 1.76. The van der Waals surface area contributed by atoms with Crippen molar-refractivity contribution >= 4 is 11.6 Å². The topological polar surface area (TPSA) is 132 Å². The van der Waals surface area contributed by atoms with Crippen molar-refractivity contribution in [2.24, 2.45) is 0 Å². The molecule has 2 heterocycles. The summed E-state index contributed by atoms with van der Waals surface area (Å²) in [5.74, 6) is -3.18. The van der Waals surface area contributed by atoms with E-state index in [4.69, 9.17) is 18.9 Å². The van der Waals surface area contributed by atoms with Gasteiger partial charge in [-0.3, -0.25) is 9.59 Å². The molecule has 2 fully saturated rings. The standard InChI is InChI=1S/C28H26O9/c1-34-27-25(32)24(31)26-21(36-27)15-35-28(33,37-26)18-12-13-19(22(29)16-8-4-2-5-9-16)20(14-18)23(30)17-10-6-3-7-11-17/h2-14,21,24-27,31-33H,15H2,1H3/t21-,24-,25+,26-,27+,28?/m1/s1. The van der Waals surface area contributed by atoms with E-state index >= 15 is 0 Å². The molecule has 1 unspecified atom stereocenters. The van der Waals surface area contributed by atoms with Gasteiger partial charge in [0.05, 0.1) is 6.61 Å². The second kappa shape index (κ2) is 10.2. The van der Waals surface area contributed by atoms with Gasteiger partial charge in [-0.2, -0.15) is 0 Å². The van der Waals surface area contributed by atoms with E-state index in [1.165, 1.54) is 25.3 Å². The first-order chi connectivity index (χ1) is 17.8. The Morgan fingerprint density at radius 3 is 2.05 bits per heavy atom. The second-order valence-electron chi connectivity index (χ2n) is 8.89. The van der Waals surface area contributed by atoms with E-state index in [2.05, 4.69) is 0 Å². The molecule has 2 aliphatic rings. The Hall–Kier alpha value is -3.28. The summed E-state index contributed by atoms with van der Waals surface area (Å²) in [6.07, 6.45) is -5.93. The molecule has 0 radical (unpaired) electrons. The lowest BCUT2D eigenvalue weighted by molar-refractivity contribution is -0.458. The molecule has 0 bridgehead atoms. The van der Waals surface area contributed by atoms with Crippen molar-refractivity contribution in [3.8, 4) is 0 Å². The van der Waals surface area contributed by atoms with Gasteiger partial charge in [-0.1, -0.05) is 66.7 Å². The molecule has 9 heteroatoms. The van der Waals surface area contributed by atoms with E-state index < -0.39 is 42.5 Å². The smallest absolute Gasteiger partial charge is 0.310 e. The third-order valence-corrected chi connectivity index (χ3v) is 6.56. The maximum Gasteiger partial charge on any atom is 0.310 e. The number of methoxy groups -OCH3 is 1. The van der Waals surface area contributed by atoms with Gasteiger partial charge < -0.3 is 34.3 Å². The lowest BCUT2D eigenvalue weighted by Gasteiger charge is -2.48. The maximum absolute atomic E-state index is 13.5. The zero-order chi connectivity index (χ0) is 26.2. The lowest BCUT2D eigenvalue weighted by Crippen LogP contribution is -2.64. The number of fused-ring (bicyclic) bond motifs is 1. The highest BCUT2D eigenvalue weighted by Gasteiger charge is 2.53. The zero-order valence-corrected chi connectivity index (χ0v) is 19.9. The van der Waals surface area contributed by atoms with Crippen LogP contribution < -0.4 is 0 Å². The first-order valence-electron chi connectivity index (χ1n) is 11.7. The number of carbonyl (C=O) groups is 2. The molecule has 192 valence electrons. The molecular weight excluding hydrogens is 480 g/mol. The van der Waals surface area contributed by atoms with Crippen molar-refractivity contribution < 1.29 is 43.9 Å². The van der Waals surface area contributed by atoms with Crippen LogP contribution >= 0.6 is 0 Å². The molecule has 3 aromatic carbocycles. The number of benzene rings is 3. The number of hydrogen-bond acceptors (Lipinski definition) is 9. The van der Waals surface area contributed by atoms with E-state index in [-0.39, 0.29) is 29.1 Å². The Kier molecular flexibility index (Phi) is 7.02. The average molecular weight is 507 g/mol. The highest BCUT2D eigenvalue weighted by molar-refractivity contribution is 6.19. The number of aliphatic hydroxyl groups is 3. The van der Waals surface area contributed by atoms with Crippen molar-refractivity contribution in [2.45, 2.75) is 36.7 Å². The molecular formula is C28H26O9. The first kappa shape index (κ1) is 25.4. The highest BCUT2D eigenvalue weighted by Crippen LogP contribution is 2.38. The summed E-state index contributed by atoms with van der Waals surface area (Å²) >= 11 is 0. The van der Waals surface area contributed by atoms with Gasteiger partial charge in [0.2, 0.25) is 0 Å². The second-order valence-corrected chi connectivity index (χ2v) is 8.89. The molecule has 0 saturated carbocycles. The number of carbonyl (C=O) groups excluding carboxylic acids is 2. The van der Waals surface area contributed by atoms with Crippen molar-refractivity contribution in [3.05, 3.63) is 107 Å². The molecule has 0 amide bonds. The molecule has 0 aliphatic carbocycles. The molecule has 9 nitrogen and oxygen atoms in total. The summed E-state index contributed by atoms with van der Waals surface area (Å²) in [6.45, 7) is -0.197. The Morgan fingerprint density at radius 2 is 1.46 bits per heavy atom. The normalized spacial score (nSPS) is 29.4. The Balaban J connectivity index is 1.53. The van der Waals surface area contributed by atoms with Crippen LogP contribution in [0.25, 0.3) is 0 Å². The summed E-state index contributed by atoms with van der Waals surface area (Å²) in [5, 5.41) is 32.2. The summed E-state index contributed by atoms with van der Waals surface area (Å²) in [5.41, 5.74) is 0.962. The van der Waals surface area contributed by atoms with E-state index in [0.29, 0.717) is 11.1 Å². The molecule has 2 aliphatic heterocycles. The molecule has 0 aromatic heterocycles. The van der Waals surface area contributed by atoms with Crippen molar-refractivity contribution in [3.63, 3.8) is 0 Å². The minimum absolute atomic E-state index is 0.0328. The number of rotatable bonds is 6. The van der Waals surface area contributed by atoms with Crippen LogP contribution in [0.15, 0.2) is 78.9 Å². The van der Waals surface area contributed by atoms with Gasteiger partial charge in [-0.05, 0) is 12.1 Å². The largest absolute Gasteiger partial charge is 0.387 e. The quantitative estimate of drug-likeness (QED) is 0.428. The molecule has 37 heavy (non-hydrogen) atoms. The SMILES string of the molecule is CO[C@H]1O[C@@H]2COC(O)(c3ccc(C(=O)c4ccccc4)c(C(=O)c4ccccc4)c3)O[C@H]2[C@H](O)[C@@H]1O. The Labute approximate surface area is 212 Å². The van der Waals surface area contributed by atoms with Crippen LogP contribution in [0.4, 0.5) is 0 Å². The van der Waals surface area contributed by atoms with Crippen LogP contribution in [0.3, 0.4) is 0 Å². The van der Waals surface area contributed by atoms with Gasteiger partial charge in [0.25, 0.3) is 0 Å². The Bertz CT molecular complexity index is 1280. The molecule has 2 saturated heterocycles. The van der Waals surface area contributed by atoms with Gasteiger partial charge in [0.1, 0.15) is 24.4 Å². The number of ether oxygens (including phenoxy) is 4. The van der Waals surface area contributed by atoms with Gasteiger partial charge in [0.15, 0.2) is 17.9 Å². The fraction of sp³-hybridized carbons (Fsp3) is 0.286. The van der Waals surface area contributed by atoms with E-state index in [1.54, 1.807) is 60.7 Å². The molecule has 5 rings (SSSR count). The van der Waals surface area contributed by atoms with E-state index in [9.17, 15) is 24.9 Å². The van der Waals surface area contributed by atoms with Crippen LogP contribution in [0.2, 0.25) is 0 Å². The minimum Gasteiger partial charge on any atom is -0.387 e. The summed E-state index contributed by atoms with van der Waals surface area (Å²) < 4.78 is 21.9. The number of aliphatic hydroxyl groups excluding tert-OH is 2. The van der Waals surface area contributed by atoms with Gasteiger partial charge in [-0.25, -0.2) is 0 Å². The molecule has 3 N–H and O–H groups in total. The van der Waals surface area contributed by atoms with Crippen LogP contribution in [-0.2, 0) is 24.9 Å². The molecule has 6 atom stereocenters. The summed E-state index contributed by atoms with van der Waals surface area (Å²) in [4.78, 5) is 26.8. The number of hydrogen-bond donors (Lipinski definition) is 3. The van der Waals surface area contributed by atoms with Crippen molar-refractivity contribution in [2.75, 3.05) is 13.7 Å². The average Bonchev–Trinajstić information content (AvgIpc) is 2.95. The highest BCUT2D eigenvalue weighted by atomic mass is 16.8. The Morgan fingerprint density at radius 1 is 0.865 bits per heavy atom. The third-order valence-electron chi connectivity index (χ3n) is 6.56. The van der Waals surface area contributed by atoms with Crippen LogP contribution in [0, 0.1) is 0 Å². The summed E-state index contributed by atoms with van der Waals surface area (Å²) in [6, 6.07) is 21.2. The zero-order valence-electron chi connectivity index (χ0n) is 19.9. The maximum atomic E-state index is 13.5.